The Balaban J connectivity index is 0.00000392. The molecule has 1 heterocycles. The van der Waals surface area contributed by atoms with Crippen LogP contribution in [0.5, 0.6) is 11.5 Å². The molecule has 156 valence electrons. The summed E-state index contributed by atoms with van der Waals surface area (Å²) in [5.41, 5.74) is 0.532. The highest BCUT2D eigenvalue weighted by atomic mass is 127. The smallest absolute Gasteiger partial charge is 0.387 e. The van der Waals surface area contributed by atoms with E-state index in [2.05, 4.69) is 30.6 Å². The summed E-state index contributed by atoms with van der Waals surface area (Å²) in [7, 11) is 3.14. The van der Waals surface area contributed by atoms with Crippen LogP contribution in [0.3, 0.4) is 0 Å². The van der Waals surface area contributed by atoms with E-state index in [1.54, 1.807) is 25.5 Å². The van der Waals surface area contributed by atoms with E-state index in [4.69, 9.17) is 4.74 Å². The monoisotopic (exact) mass is 510 g/mol. The third kappa shape index (κ3) is 7.09. The molecule has 0 saturated heterocycles. The van der Waals surface area contributed by atoms with Gasteiger partial charge >= 0.3 is 6.61 Å². The second kappa shape index (κ2) is 12.3. The van der Waals surface area contributed by atoms with E-state index in [0.717, 1.165) is 12.2 Å². The summed E-state index contributed by atoms with van der Waals surface area (Å²) < 4.78 is 36.8. The minimum Gasteiger partial charge on any atom is -0.497 e. The molecule has 11 heteroatoms. The summed E-state index contributed by atoms with van der Waals surface area (Å²) in [6, 6.07) is 4.66. The Bertz CT molecular complexity index is 757. The van der Waals surface area contributed by atoms with Crippen LogP contribution in [0.25, 0.3) is 0 Å². The standard InChI is InChI=1S/C17H24F2N6O2.HI/c1-4-15-24-23-11-25(15)8-7-21-17(20-2)22-10-12-9-13(26-3)5-6-14(12)27-16(18)19;/h5-6,9,11,16H,4,7-8,10H2,1-3H3,(H2,20,21,22);1H. The first-order valence-corrected chi connectivity index (χ1v) is 8.50. The van der Waals surface area contributed by atoms with Gasteiger partial charge in [0, 0.05) is 38.7 Å². The fraction of sp³-hybridized carbons (Fsp3) is 0.471. The molecule has 0 atom stereocenters. The van der Waals surface area contributed by atoms with E-state index in [1.165, 1.54) is 13.2 Å². The fourth-order valence-corrected chi connectivity index (χ4v) is 2.47. The van der Waals surface area contributed by atoms with Crippen LogP contribution >= 0.6 is 24.0 Å². The van der Waals surface area contributed by atoms with E-state index in [0.29, 0.717) is 30.4 Å². The average Bonchev–Trinajstić information content (AvgIpc) is 3.12. The van der Waals surface area contributed by atoms with Crippen LogP contribution in [0.4, 0.5) is 8.78 Å². The summed E-state index contributed by atoms with van der Waals surface area (Å²) in [5, 5.41) is 14.2. The van der Waals surface area contributed by atoms with Gasteiger partial charge in [0.05, 0.1) is 7.11 Å². The molecule has 8 nitrogen and oxygen atoms in total. The van der Waals surface area contributed by atoms with Crippen LogP contribution in [-0.4, -0.2) is 48.0 Å². The molecule has 2 N–H and O–H groups in total. The number of aliphatic imine (C=N–C) groups is 1. The van der Waals surface area contributed by atoms with E-state index < -0.39 is 6.61 Å². The number of nitrogens with zero attached hydrogens (tertiary/aromatic N) is 4. The third-order valence-electron chi connectivity index (χ3n) is 3.81. The lowest BCUT2D eigenvalue weighted by Gasteiger charge is -2.15. The van der Waals surface area contributed by atoms with Gasteiger partial charge in [-0.3, -0.25) is 4.99 Å². The number of nitrogens with one attached hydrogen (secondary N) is 2. The van der Waals surface area contributed by atoms with Crippen LogP contribution in [0.2, 0.25) is 0 Å². The number of aryl methyl sites for hydroxylation is 1. The molecule has 0 bridgehead atoms. The van der Waals surface area contributed by atoms with Crippen molar-refractivity contribution in [3.8, 4) is 11.5 Å². The van der Waals surface area contributed by atoms with Gasteiger partial charge in [0.2, 0.25) is 0 Å². The number of ether oxygens (including phenoxy) is 2. The quantitative estimate of drug-likeness (QED) is 0.307. The van der Waals surface area contributed by atoms with Gasteiger partial charge in [-0.05, 0) is 18.2 Å². The first kappa shape index (κ1) is 23.9. The van der Waals surface area contributed by atoms with E-state index in [9.17, 15) is 8.78 Å². The number of hydrogen-bond donors (Lipinski definition) is 2. The molecule has 0 aliphatic rings. The van der Waals surface area contributed by atoms with E-state index in [-0.39, 0.29) is 36.3 Å². The molecule has 1 aromatic heterocycles. The lowest BCUT2D eigenvalue weighted by molar-refractivity contribution is -0.0504. The third-order valence-corrected chi connectivity index (χ3v) is 3.81. The molecule has 0 aliphatic carbocycles. The summed E-state index contributed by atoms with van der Waals surface area (Å²) in [6.45, 7) is 0.637. The van der Waals surface area contributed by atoms with Crippen molar-refractivity contribution in [3.05, 3.63) is 35.9 Å². The number of guanidine groups is 1. The highest BCUT2D eigenvalue weighted by Crippen LogP contribution is 2.25. The summed E-state index contributed by atoms with van der Waals surface area (Å²) in [4.78, 5) is 4.13. The van der Waals surface area contributed by atoms with Gasteiger partial charge in [0.15, 0.2) is 5.96 Å². The van der Waals surface area contributed by atoms with Gasteiger partial charge in [0.25, 0.3) is 0 Å². The number of hydrogen-bond acceptors (Lipinski definition) is 5. The second-order valence-corrected chi connectivity index (χ2v) is 5.50. The van der Waals surface area contributed by atoms with Crippen molar-refractivity contribution in [1.82, 2.24) is 25.4 Å². The van der Waals surface area contributed by atoms with E-state index in [1.807, 2.05) is 11.5 Å². The maximum absolute atomic E-state index is 12.6. The molecule has 0 fully saturated rings. The highest BCUT2D eigenvalue weighted by molar-refractivity contribution is 14.0. The number of alkyl halides is 2. The summed E-state index contributed by atoms with van der Waals surface area (Å²) >= 11 is 0. The molecule has 0 aliphatic heterocycles. The van der Waals surface area contributed by atoms with Crippen molar-refractivity contribution in [2.75, 3.05) is 20.7 Å². The summed E-state index contributed by atoms with van der Waals surface area (Å²) in [6.07, 6.45) is 2.48. The molecule has 0 amide bonds. The van der Waals surface area contributed by atoms with Crippen molar-refractivity contribution >= 4 is 29.9 Å². The lowest BCUT2D eigenvalue weighted by Crippen LogP contribution is -2.38. The molecular weight excluding hydrogens is 485 g/mol. The average molecular weight is 510 g/mol. The van der Waals surface area contributed by atoms with Crippen molar-refractivity contribution in [1.29, 1.82) is 0 Å². The maximum atomic E-state index is 12.6. The van der Waals surface area contributed by atoms with Gasteiger partial charge in [-0.15, -0.1) is 34.2 Å². The van der Waals surface area contributed by atoms with Gasteiger partial charge in [-0.2, -0.15) is 8.78 Å². The van der Waals surface area contributed by atoms with Crippen molar-refractivity contribution in [3.63, 3.8) is 0 Å². The SMILES string of the molecule is CCc1nncn1CCNC(=NC)NCc1cc(OC)ccc1OC(F)F.I. The molecule has 0 spiro atoms. The van der Waals surface area contributed by atoms with Crippen molar-refractivity contribution < 1.29 is 18.3 Å². The van der Waals surface area contributed by atoms with Gasteiger partial charge in [-0.1, -0.05) is 6.92 Å². The predicted octanol–water partition coefficient (Wildman–Crippen LogP) is 2.43. The second-order valence-electron chi connectivity index (χ2n) is 5.50. The van der Waals surface area contributed by atoms with Crippen molar-refractivity contribution in [2.45, 2.75) is 33.0 Å². The number of rotatable bonds is 9. The Kier molecular flexibility index (Phi) is 10.5. The number of halogens is 3. The van der Waals surface area contributed by atoms with Gasteiger partial charge < -0.3 is 24.7 Å². The Morgan fingerprint density at radius 3 is 2.75 bits per heavy atom. The van der Waals surface area contributed by atoms with E-state index >= 15 is 0 Å². The fourth-order valence-electron chi connectivity index (χ4n) is 2.47. The number of methoxy groups -OCH3 is 1. The number of aromatic nitrogens is 3. The highest BCUT2D eigenvalue weighted by Gasteiger charge is 2.11. The Morgan fingerprint density at radius 1 is 1.32 bits per heavy atom. The first-order valence-electron chi connectivity index (χ1n) is 8.50. The Labute approximate surface area is 179 Å². The molecule has 0 radical (unpaired) electrons. The lowest BCUT2D eigenvalue weighted by atomic mass is 10.2. The Hall–Kier alpha value is -2.18. The van der Waals surface area contributed by atoms with Crippen LogP contribution in [0.15, 0.2) is 29.5 Å². The molecule has 28 heavy (non-hydrogen) atoms. The first-order chi connectivity index (χ1) is 13.1. The molecule has 1 aromatic carbocycles. The molecular formula is C17H25F2IN6O2. The van der Waals surface area contributed by atoms with Crippen LogP contribution in [-0.2, 0) is 19.5 Å². The van der Waals surface area contributed by atoms with Crippen molar-refractivity contribution in [2.24, 2.45) is 4.99 Å². The zero-order valence-corrected chi connectivity index (χ0v) is 18.3. The molecule has 2 rings (SSSR count). The topological polar surface area (TPSA) is 85.6 Å². The van der Waals surface area contributed by atoms with Gasteiger partial charge in [-0.25, -0.2) is 0 Å². The largest absolute Gasteiger partial charge is 0.497 e. The Morgan fingerprint density at radius 2 is 2.11 bits per heavy atom. The molecule has 0 unspecified atom stereocenters. The zero-order chi connectivity index (χ0) is 19.6. The predicted molar refractivity (Wildman–Crippen MR) is 113 cm³/mol. The minimum absolute atomic E-state index is 0. The zero-order valence-electron chi connectivity index (χ0n) is 16.0. The van der Waals surface area contributed by atoms with Crippen LogP contribution in [0, 0.1) is 0 Å². The maximum Gasteiger partial charge on any atom is 0.387 e. The summed E-state index contributed by atoms with van der Waals surface area (Å²) in [5.74, 6) is 2.08. The van der Waals surface area contributed by atoms with Crippen LogP contribution < -0.4 is 20.1 Å². The van der Waals surface area contributed by atoms with Gasteiger partial charge in [0.1, 0.15) is 23.7 Å². The number of benzene rings is 1. The van der Waals surface area contributed by atoms with Crippen LogP contribution in [0.1, 0.15) is 18.3 Å². The minimum atomic E-state index is -2.90. The molecule has 2 aromatic rings. The normalized spacial score (nSPS) is 11.1. The molecule has 0 saturated carbocycles.